The van der Waals surface area contributed by atoms with Gasteiger partial charge in [-0.2, -0.15) is 0 Å². The molecule has 0 saturated carbocycles. The fourth-order valence-electron chi connectivity index (χ4n) is 2.75. The van der Waals surface area contributed by atoms with Gasteiger partial charge in [-0.15, -0.1) is 0 Å². The maximum Gasteiger partial charge on any atom is 0.315 e. The van der Waals surface area contributed by atoms with E-state index in [9.17, 15) is 14.0 Å². The third-order valence-corrected chi connectivity index (χ3v) is 4.08. The van der Waals surface area contributed by atoms with Gasteiger partial charge >= 0.3 is 6.03 Å². The Kier molecular flexibility index (Phi) is 6.54. The first kappa shape index (κ1) is 18.2. The van der Waals surface area contributed by atoms with Gasteiger partial charge in [-0.25, -0.2) is 9.18 Å². The second-order valence-corrected chi connectivity index (χ2v) is 6.13. The Balaban J connectivity index is 1.85. The first-order valence-electron chi connectivity index (χ1n) is 8.32. The molecule has 0 aromatic heterocycles. The Hall–Kier alpha value is -2.15. The summed E-state index contributed by atoms with van der Waals surface area (Å²) in [5, 5.41) is 5.43. The molecule has 1 saturated heterocycles. The largest absolute Gasteiger partial charge is 0.339 e. The van der Waals surface area contributed by atoms with Crippen LogP contribution in [0.1, 0.15) is 31.7 Å². The van der Waals surface area contributed by atoms with Crippen LogP contribution in [-0.4, -0.2) is 42.0 Å². The van der Waals surface area contributed by atoms with Crippen molar-refractivity contribution in [3.8, 4) is 0 Å². The summed E-state index contributed by atoms with van der Waals surface area (Å²) in [5.41, 5.74) is 6.63. The number of hydrogen-bond donors (Lipinski definition) is 3. The molecule has 1 aliphatic rings. The molecule has 0 bridgehead atoms. The Bertz CT molecular complexity index is 564. The second-order valence-electron chi connectivity index (χ2n) is 6.13. The topological polar surface area (TPSA) is 87.5 Å². The van der Waals surface area contributed by atoms with Crippen LogP contribution in [-0.2, 0) is 11.3 Å². The molecule has 3 amide bonds. The fourth-order valence-corrected chi connectivity index (χ4v) is 2.75. The standard InChI is InChI=1S/C17H25FN4O2/c1-2-3-15(16(23)22-9-8-14(19)11-22)21-17(24)20-10-12-4-6-13(18)7-5-12/h4-7,14-15H,2-3,8-11,19H2,1H3,(H2,20,21,24)/t14-,15?/m1/s1. The minimum Gasteiger partial charge on any atom is -0.339 e. The van der Waals surface area contributed by atoms with Crippen molar-refractivity contribution in [2.75, 3.05) is 13.1 Å². The van der Waals surface area contributed by atoms with E-state index in [1.165, 1.54) is 12.1 Å². The molecule has 2 atom stereocenters. The number of urea groups is 1. The Morgan fingerprint density at radius 1 is 1.38 bits per heavy atom. The lowest BCUT2D eigenvalue weighted by Gasteiger charge is -2.24. The maximum absolute atomic E-state index is 12.9. The van der Waals surface area contributed by atoms with Crippen LogP contribution in [0.2, 0.25) is 0 Å². The summed E-state index contributed by atoms with van der Waals surface area (Å²) in [4.78, 5) is 26.3. The number of amides is 3. The zero-order valence-corrected chi connectivity index (χ0v) is 13.9. The molecule has 132 valence electrons. The molecule has 0 spiro atoms. The third-order valence-electron chi connectivity index (χ3n) is 4.08. The highest BCUT2D eigenvalue weighted by molar-refractivity contribution is 5.87. The van der Waals surface area contributed by atoms with Gasteiger partial charge < -0.3 is 21.3 Å². The molecule has 1 aliphatic heterocycles. The number of carbonyl (C=O) groups excluding carboxylic acids is 2. The van der Waals surface area contributed by atoms with Gasteiger partial charge in [0, 0.05) is 25.7 Å². The molecule has 1 aromatic carbocycles. The molecule has 1 unspecified atom stereocenters. The van der Waals surface area contributed by atoms with E-state index in [-0.39, 0.29) is 24.3 Å². The summed E-state index contributed by atoms with van der Waals surface area (Å²) >= 11 is 0. The van der Waals surface area contributed by atoms with Gasteiger partial charge in [0.2, 0.25) is 5.91 Å². The van der Waals surface area contributed by atoms with Crippen molar-refractivity contribution in [3.05, 3.63) is 35.6 Å². The van der Waals surface area contributed by atoms with Crippen molar-refractivity contribution in [2.45, 2.75) is 44.8 Å². The molecular weight excluding hydrogens is 311 g/mol. The van der Waals surface area contributed by atoms with Crippen molar-refractivity contribution >= 4 is 11.9 Å². The van der Waals surface area contributed by atoms with Crippen molar-refractivity contribution in [1.82, 2.24) is 15.5 Å². The number of likely N-dealkylation sites (tertiary alicyclic amines) is 1. The van der Waals surface area contributed by atoms with Gasteiger partial charge in [0.25, 0.3) is 0 Å². The minimum atomic E-state index is -0.548. The lowest BCUT2D eigenvalue weighted by molar-refractivity contribution is -0.132. The molecular formula is C17H25FN4O2. The Labute approximate surface area is 141 Å². The van der Waals surface area contributed by atoms with Gasteiger partial charge in [-0.05, 0) is 30.5 Å². The van der Waals surface area contributed by atoms with Crippen molar-refractivity contribution < 1.29 is 14.0 Å². The first-order valence-corrected chi connectivity index (χ1v) is 8.32. The van der Waals surface area contributed by atoms with Gasteiger partial charge in [0.05, 0.1) is 0 Å². The van der Waals surface area contributed by atoms with Crippen LogP contribution in [0.3, 0.4) is 0 Å². The van der Waals surface area contributed by atoms with Crippen LogP contribution < -0.4 is 16.4 Å². The van der Waals surface area contributed by atoms with E-state index < -0.39 is 12.1 Å². The predicted molar refractivity (Wildman–Crippen MR) is 89.6 cm³/mol. The highest BCUT2D eigenvalue weighted by Gasteiger charge is 2.29. The molecule has 7 heteroatoms. The molecule has 2 rings (SSSR count). The van der Waals surface area contributed by atoms with E-state index in [2.05, 4.69) is 10.6 Å². The number of nitrogens with zero attached hydrogens (tertiary/aromatic N) is 1. The molecule has 6 nitrogen and oxygen atoms in total. The van der Waals surface area contributed by atoms with Gasteiger partial charge in [-0.1, -0.05) is 25.5 Å². The fraction of sp³-hybridized carbons (Fsp3) is 0.529. The summed E-state index contributed by atoms with van der Waals surface area (Å²) in [6.45, 7) is 3.42. The predicted octanol–water partition coefficient (Wildman–Crippen LogP) is 1.35. The van der Waals surface area contributed by atoms with Crippen LogP contribution in [0, 0.1) is 5.82 Å². The van der Waals surface area contributed by atoms with E-state index in [0.29, 0.717) is 19.5 Å². The Morgan fingerprint density at radius 2 is 2.08 bits per heavy atom. The molecule has 1 heterocycles. The normalized spacial score (nSPS) is 18.3. The average Bonchev–Trinajstić information content (AvgIpc) is 3.00. The molecule has 4 N–H and O–H groups in total. The number of nitrogens with one attached hydrogen (secondary N) is 2. The molecule has 1 aromatic rings. The van der Waals surface area contributed by atoms with E-state index in [1.54, 1.807) is 17.0 Å². The summed E-state index contributed by atoms with van der Waals surface area (Å²) < 4.78 is 12.9. The number of halogens is 1. The summed E-state index contributed by atoms with van der Waals surface area (Å²) in [7, 11) is 0. The first-order chi connectivity index (χ1) is 11.5. The SMILES string of the molecule is CCCC(NC(=O)NCc1ccc(F)cc1)C(=O)N1CC[C@@H](N)C1. The van der Waals surface area contributed by atoms with E-state index in [4.69, 9.17) is 5.73 Å². The van der Waals surface area contributed by atoms with Crippen LogP contribution in [0.15, 0.2) is 24.3 Å². The average molecular weight is 336 g/mol. The number of carbonyl (C=O) groups is 2. The van der Waals surface area contributed by atoms with Crippen LogP contribution in [0.25, 0.3) is 0 Å². The van der Waals surface area contributed by atoms with Crippen molar-refractivity contribution in [1.29, 1.82) is 0 Å². The number of benzene rings is 1. The highest BCUT2D eigenvalue weighted by atomic mass is 19.1. The summed E-state index contributed by atoms with van der Waals surface area (Å²) in [6, 6.07) is 4.96. The zero-order valence-electron chi connectivity index (χ0n) is 13.9. The van der Waals surface area contributed by atoms with Crippen LogP contribution in [0.4, 0.5) is 9.18 Å². The zero-order chi connectivity index (χ0) is 17.5. The van der Waals surface area contributed by atoms with E-state index in [1.807, 2.05) is 6.92 Å². The van der Waals surface area contributed by atoms with Gasteiger partial charge in [-0.3, -0.25) is 4.79 Å². The minimum absolute atomic E-state index is 0.0172. The lowest BCUT2D eigenvalue weighted by Crippen LogP contribution is -2.51. The van der Waals surface area contributed by atoms with Crippen molar-refractivity contribution in [2.24, 2.45) is 5.73 Å². The third kappa shape index (κ3) is 5.19. The number of hydrogen-bond acceptors (Lipinski definition) is 3. The molecule has 1 fully saturated rings. The number of rotatable bonds is 6. The quantitative estimate of drug-likeness (QED) is 0.733. The monoisotopic (exact) mass is 336 g/mol. The van der Waals surface area contributed by atoms with Crippen molar-refractivity contribution in [3.63, 3.8) is 0 Å². The summed E-state index contributed by atoms with van der Waals surface area (Å²) in [6.07, 6.45) is 2.16. The highest BCUT2D eigenvalue weighted by Crippen LogP contribution is 2.11. The number of nitrogens with two attached hydrogens (primary N) is 1. The smallest absolute Gasteiger partial charge is 0.315 e. The maximum atomic E-state index is 12.9. The van der Waals surface area contributed by atoms with Crippen LogP contribution in [0.5, 0.6) is 0 Å². The van der Waals surface area contributed by atoms with Gasteiger partial charge in [0.1, 0.15) is 11.9 Å². The Morgan fingerprint density at radius 3 is 2.67 bits per heavy atom. The molecule has 24 heavy (non-hydrogen) atoms. The second kappa shape index (κ2) is 8.63. The van der Waals surface area contributed by atoms with E-state index >= 15 is 0 Å². The summed E-state index contributed by atoms with van der Waals surface area (Å²) in [5.74, 6) is -0.401. The van der Waals surface area contributed by atoms with E-state index in [0.717, 1.165) is 18.4 Å². The van der Waals surface area contributed by atoms with Crippen LogP contribution >= 0.6 is 0 Å². The van der Waals surface area contributed by atoms with Gasteiger partial charge in [0.15, 0.2) is 0 Å². The lowest BCUT2D eigenvalue weighted by atomic mass is 10.1. The molecule has 0 radical (unpaired) electrons. The molecule has 0 aliphatic carbocycles.